The molecule has 2 aromatic carbocycles. The molecule has 0 aliphatic rings. The smallest absolute Gasteiger partial charge is 0.337 e. The number of benzene rings is 2. The zero-order valence-electron chi connectivity index (χ0n) is 12.6. The largest absolute Gasteiger partial charge is 0.465 e. The average Bonchev–Trinajstić information content (AvgIpc) is 2.56. The third kappa shape index (κ3) is 4.09. The molecule has 0 radical (unpaired) electrons. The van der Waals surface area contributed by atoms with Gasteiger partial charge in [-0.15, -0.1) is 0 Å². The summed E-state index contributed by atoms with van der Waals surface area (Å²) in [7, 11) is 1.35. The lowest BCUT2D eigenvalue weighted by Crippen LogP contribution is -2.09. The van der Waals surface area contributed by atoms with Gasteiger partial charge in [0.2, 0.25) is 5.91 Å². The molecular formula is C17H18N2O3. The van der Waals surface area contributed by atoms with E-state index in [2.05, 4.69) is 15.4 Å². The van der Waals surface area contributed by atoms with Gasteiger partial charge in [-0.05, 0) is 48.5 Å². The van der Waals surface area contributed by atoms with E-state index in [0.717, 1.165) is 17.1 Å². The minimum Gasteiger partial charge on any atom is -0.465 e. The van der Waals surface area contributed by atoms with Crippen molar-refractivity contribution in [2.45, 2.75) is 13.3 Å². The van der Waals surface area contributed by atoms with Crippen LogP contribution >= 0.6 is 0 Å². The number of ether oxygens (including phenoxy) is 1. The number of methoxy groups -OCH3 is 1. The highest BCUT2D eigenvalue weighted by Gasteiger charge is 2.04. The molecule has 2 N–H and O–H groups in total. The SMILES string of the molecule is CCC(=O)Nc1ccc(Nc2ccc(C(=O)OC)cc2)cc1. The number of carbonyl (C=O) groups excluding carboxylic acids is 2. The minimum absolute atomic E-state index is 0.0147. The van der Waals surface area contributed by atoms with Crippen LogP contribution in [-0.2, 0) is 9.53 Å². The standard InChI is InChI=1S/C17H18N2O3/c1-3-16(20)19-15-10-8-14(9-11-15)18-13-6-4-12(5-7-13)17(21)22-2/h4-11,18H,3H2,1-2H3,(H,19,20). The van der Waals surface area contributed by atoms with Crippen LogP contribution in [-0.4, -0.2) is 19.0 Å². The Morgan fingerprint density at radius 2 is 1.41 bits per heavy atom. The Hall–Kier alpha value is -2.82. The van der Waals surface area contributed by atoms with Crippen LogP contribution in [0.25, 0.3) is 0 Å². The average molecular weight is 298 g/mol. The van der Waals surface area contributed by atoms with Gasteiger partial charge in [0.15, 0.2) is 0 Å². The maximum Gasteiger partial charge on any atom is 0.337 e. The summed E-state index contributed by atoms with van der Waals surface area (Å²) < 4.78 is 4.65. The summed E-state index contributed by atoms with van der Waals surface area (Å²) in [5.41, 5.74) is 3.02. The van der Waals surface area contributed by atoms with Gasteiger partial charge in [-0.25, -0.2) is 4.79 Å². The highest BCUT2D eigenvalue weighted by atomic mass is 16.5. The van der Waals surface area contributed by atoms with Gasteiger partial charge in [0, 0.05) is 23.5 Å². The highest BCUT2D eigenvalue weighted by Crippen LogP contribution is 2.19. The van der Waals surface area contributed by atoms with Crippen LogP contribution in [0.3, 0.4) is 0 Å². The first kappa shape index (κ1) is 15.6. The lowest BCUT2D eigenvalue weighted by molar-refractivity contribution is -0.115. The molecular weight excluding hydrogens is 280 g/mol. The fourth-order valence-corrected chi connectivity index (χ4v) is 1.86. The number of hydrogen-bond acceptors (Lipinski definition) is 4. The van der Waals surface area contributed by atoms with E-state index < -0.39 is 0 Å². The number of amides is 1. The molecule has 0 aromatic heterocycles. The third-order valence-corrected chi connectivity index (χ3v) is 3.08. The number of carbonyl (C=O) groups is 2. The van der Waals surface area contributed by atoms with Crippen LogP contribution in [0, 0.1) is 0 Å². The van der Waals surface area contributed by atoms with Crippen molar-refractivity contribution in [3.05, 3.63) is 54.1 Å². The van der Waals surface area contributed by atoms with E-state index in [9.17, 15) is 9.59 Å². The first-order valence-corrected chi connectivity index (χ1v) is 6.97. The van der Waals surface area contributed by atoms with Gasteiger partial charge in [-0.3, -0.25) is 4.79 Å². The van der Waals surface area contributed by atoms with Crippen LogP contribution in [0.4, 0.5) is 17.1 Å². The summed E-state index contributed by atoms with van der Waals surface area (Å²) in [6.07, 6.45) is 0.451. The van der Waals surface area contributed by atoms with Gasteiger partial charge in [0.1, 0.15) is 0 Å². The number of rotatable bonds is 5. The quantitative estimate of drug-likeness (QED) is 0.828. The first-order chi connectivity index (χ1) is 10.6. The summed E-state index contributed by atoms with van der Waals surface area (Å²) in [6.45, 7) is 1.81. The molecule has 1 amide bonds. The second-order valence-corrected chi connectivity index (χ2v) is 4.67. The summed E-state index contributed by atoms with van der Waals surface area (Å²) in [5.74, 6) is -0.373. The molecule has 5 nitrogen and oxygen atoms in total. The van der Waals surface area contributed by atoms with Crippen LogP contribution in [0.1, 0.15) is 23.7 Å². The normalized spacial score (nSPS) is 9.91. The summed E-state index contributed by atoms with van der Waals surface area (Å²) >= 11 is 0. The molecule has 114 valence electrons. The lowest BCUT2D eigenvalue weighted by atomic mass is 10.2. The van der Waals surface area contributed by atoms with Crippen LogP contribution in [0.2, 0.25) is 0 Å². The molecule has 0 saturated carbocycles. The molecule has 2 aromatic rings. The van der Waals surface area contributed by atoms with E-state index in [0.29, 0.717) is 12.0 Å². The number of anilines is 3. The monoisotopic (exact) mass is 298 g/mol. The zero-order chi connectivity index (χ0) is 15.9. The molecule has 0 spiro atoms. The molecule has 0 aliphatic carbocycles. The van der Waals surface area contributed by atoms with Gasteiger partial charge in [0.05, 0.1) is 12.7 Å². The highest BCUT2D eigenvalue weighted by molar-refractivity contribution is 5.91. The van der Waals surface area contributed by atoms with E-state index in [4.69, 9.17) is 0 Å². The molecule has 0 aliphatic heterocycles. The van der Waals surface area contributed by atoms with Gasteiger partial charge in [-0.1, -0.05) is 6.92 Å². The van der Waals surface area contributed by atoms with Crippen molar-refractivity contribution in [2.24, 2.45) is 0 Å². The Morgan fingerprint density at radius 1 is 0.909 bits per heavy atom. The molecule has 2 rings (SSSR count). The lowest BCUT2D eigenvalue weighted by Gasteiger charge is -2.09. The van der Waals surface area contributed by atoms with Gasteiger partial charge < -0.3 is 15.4 Å². The second-order valence-electron chi connectivity index (χ2n) is 4.67. The predicted octanol–water partition coefficient (Wildman–Crippen LogP) is 3.57. The molecule has 0 saturated heterocycles. The molecule has 0 atom stereocenters. The fourth-order valence-electron chi connectivity index (χ4n) is 1.86. The maximum absolute atomic E-state index is 11.4. The van der Waals surface area contributed by atoms with Crippen molar-refractivity contribution < 1.29 is 14.3 Å². The minimum atomic E-state index is -0.359. The van der Waals surface area contributed by atoms with E-state index in [1.54, 1.807) is 24.3 Å². The maximum atomic E-state index is 11.4. The van der Waals surface area contributed by atoms with Crippen molar-refractivity contribution in [3.63, 3.8) is 0 Å². The molecule has 0 unspecified atom stereocenters. The molecule has 22 heavy (non-hydrogen) atoms. The second kappa shape index (κ2) is 7.26. The summed E-state index contributed by atoms with van der Waals surface area (Å²) in [6, 6.07) is 14.4. The predicted molar refractivity (Wildman–Crippen MR) is 86.4 cm³/mol. The molecule has 0 fully saturated rings. The first-order valence-electron chi connectivity index (χ1n) is 6.97. The van der Waals surface area contributed by atoms with Crippen LogP contribution in [0.5, 0.6) is 0 Å². The van der Waals surface area contributed by atoms with Crippen molar-refractivity contribution in [1.82, 2.24) is 0 Å². The Morgan fingerprint density at radius 3 is 1.91 bits per heavy atom. The van der Waals surface area contributed by atoms with E-state index in [1.807, 2.05) is 31.2 Å². The Balaban J connectivity index is 2.01. The molecule has 0 heterocycles. The topological polar surface area (TPSA) is 67.4 Å². The van der Waals surface area contributed by atoms with E-state index >= 15 is 0 Å². The fraction of sp³-hybridized carbons (Fsp3) is 0.176. The Kier molecular flexibility index (Phi) is 5.14. The zero-order valence-corrected chi connectivity index (χ0v) is 12.6. The van der Waals surface area contributed by atoms with Crippen LogP contribution < -0.4 is 10.6 Å². The number of hydrogen-bond donors (Lipinski definition) is 2. The summed E-state index contributed by atoms with van der Waals surface area (Å²) in [5, 5.41) is 6.01. The van der Waals surface area contributed by atoms with E-state index in [-0.39, 0.29) is 11.9 Å². The summed E-state index contributed by atoms with van der Waals surface area (Å²) in [4.78, 5) is 22.7. The Labute approximate surface area is 129 Å². The van der Waals surface area contributed by atoms with Crippen molar-refractivity contribution >= 4 is 28.9 Å². The van der Waals surface area contributed by atoms with E-state index in [1.165, 1.54) is 7.11 Å². The van der Waals surface area contributed by atoms with Crippen molar-refractivity contribution in [2.75, 3.05) is 17.7 Å². The number of nitrogens with one attached hydrogen (secondary N) is 2. The van der Waals surface area contributed by atoms with Crippen molar-refractivity contribution in [1.29, 1.82) is 0 Å². The van der Waals surface area contributed by atoms with Gasteiger partial charge >= 0.3 is 5.97 Å². The number of esters is 1. The molecule has 5 heteroatoms. The van der Waals surface area contributed by atoms with Gasteiger partial charge in [0.25, 0.3) is 0 Å². The third-order valence-electron chi connectivity index (χ3n) is 3.08. The van der Waals surface area contributed by atoms with Crippen molar-refractivity contribution in [3.8, 4) is 0 Å². The van der Waals surface area contributed by atoms with Crippen LogP contribution in [0.15, 0.2) is 48.5 Å². The Bertz CT molecular complexity index is 649. The molecule has 0 bridgehead atoms. The van der Waals surface area contributed by atoms with Gasteiger partial charge in [-0.2, -0.15) is 0 Å².